The average Bonchev–Trinajstić information content (AvgIpc) is 2.67. The molecular weight excluding hydrogens is 256 g/mol. The third-order valence-electron chi connectivity index (χ3n) is 2.70. The number of nitrogens with zero attached hydrogens (tertiary/aromatic N) is 2. The molecule has 100 valence electrons. The highest BCUT2D eigenvalue weighted by molar-refractivity contribution is 7.97. The molecule has 0 atom stereocenters. The van der Waals surface area contributed by atoms with E-state index in [1.807, 2.05) is 36.4 Å². The molecule has 0 fully saturated rings. The smallest absolute Gasteiger partial charge is 0.172 e. The molecule has 1 aromatic rings. The summed E-state index contributed by atoms with van der Waals surface area (Å²) in [4.78, 5) is 1.16. The van der Waals surface area contributed by atoms with Crippen LogP contribution in [-0.2, 0) is 0 Å². The van der Waals surface area contributed by atoms with Crippen molar-refractivity contribution in [2.45, 2.75) is 18.7 Å². The van der Waals surface area contributed by atoms with Crippen LogP contribution >= 0.6 is 11.9 Å². The van der Waals surface area contributed by atoms with E-state index < -0.39 is 0 Å². The first-order chi connectivity index (χ1) is 9.13. The molecular formula is C14H18N4S. The van der Waals surface area contributed by atoms with Gasteiger partial charge in [0.2, 0.25) is 0 Å². The van der Waals surface area contributed by atoms with Crippen molar-refractivity contribution in [3.8, 4) is 0 Å². The normalized spacial score (nSPS) is 19.6. The quantitative estimate of drug-likeness (QED) is 0.657. The minimum atomic E-state index is 0.777. The van der Waals surface area contributed by atoms with E-state index in [9.17, 15) is 0 Å². The summed E-state index contributed by atoms with van der Waals surface area (Å²) in [6, 6.07) is 10.2. The lowest BCUT2D eigenvalue weighted by Gasteiger charge is -2.16. The van der Waals surface area contributed by atoms with Gasteiger partial charge in [0.05, 0.1) is 0 Å². The number of rotatable bonds is 3. The third kappa shape index (κ3) is 2.93. The predicted molar refractivity (Wildman–Crippen MR) is 81.3 cm³/mol. The van der Waals surface area contributed by atoms with E-state index in [1.54, 1.807) is 19.0 Å². The van der Waals surface area contributed by atoms with Gasteiger partial charge in [0.15, 0.2) is 5.84 Å². The second-order valence-electron chi connectivity index (χ2n) is 4.26. The molecule has 2 rings (SSSR count). The SMILES string of the molecule is CNN=C1/C(=C(/C)N)C(C)=CN1Sc1ccccc1. The molecule has 0 aromatic heterocycles. The number of amidine groups is 1. The predicted octanol–water partition coefficient (Wildman–Crippen LogP) is 2.68. The Morgan fingerprint density at radius 1 is 1.32 bits per heavy atom. The Balaban J connectivity index is 2.31. The molecule has 0 unspecified atom stereocenters. The van der Waals surface area contributed by atoms with Gasteiger partial charge in [-0.15, -0.1) is 0 Å². The third-order valence-corrected chi connectivity index (χ3v) is 3.65. The highest BCUT2D eigenvalue weighted by Crippen LogP contribution is 2.33. The summed E-state index contributed by atoms with van der Waals surface area (Å²) in [6.07, 6.45) is 2.06. The summed E-state index contributed by atoms with van der Waals surface area (Å²) in [5, 5.41) is 4.34. The van der Waals surface area contributed by atoms with Gasteiger partial charge in [-0.3, -0.25) is 4.31 Å². The lowest BCUT2D eigenvalue weighted by atomic mass is 10.1. The number of hydrazone groups is 1. The van der Waals surface area contributed by atoms with Crippen LogP contribution in [0.25, 0.3) is 0 Å². The van der Waals surface area contributed by atoms with E-state index in [0.717, 1.165) is 27.6 Å². The summed E-state index contributed by atoms with van der Waals surface area (Å²) < 4.78 is 2.03. The molecule has 5 heteroatoms. The Morgan fingerprint density at radius 2 is 2.00 bits per heavy atom. The number of benzene rings is 1. The van der Waals surface area contributed by atoms with Crippen LogP contribution in [0.5, 0.6) is 0 Å². The zero-order chi connectivity index (χ0) is 13.8. The second-order valence-corrected chi connectivity index (χ2v) is 5.31. The Hall–Kier alpha value is -1.88. The van der Waals surface area contributed by atoms with Gasteiger partial charge < -0.3 is 11.2 Å². The van der Waals surface area contributed by atoms with E-state index in [4.69, 9.17) is 5.73 Å². The molecule has 0 amide bonds. The highest BCUT2D eigenvalue weighted by atomic mass is 32.2. The topological polar surface area (TPSA) is 53.6 Å². The van der Waals surface area contributed by atoms with Gasteiger partial charge in [-0.2, -0.15) is 5.10 Å². The molecule has 0 radical (unpaired) electrons. The first kappa shape index (κ1) is 13.5. The fourth-order valence-electron chi connectivity index (χ4n) is 1.95. The maximum absolute atomic E-state index is 5.96. The maximum Gasteiger partial charge on any atom is 0.172 e. The number of nitrogens with one attached hydrogen (secondary N) is 1. The van der Waals surface area contributed by atoms with Crippen LogP contribution in [0.15, 0.2) is 63.4 Å². The largest absolute Gasteiger partial charge is 0.402 e. The Morgan fingerprint density at radius 3 is 2.58 bits per heavy atom. The van der Waals surface area contributed by atoms with Gasteiger partial charge in [-0.25, -0.2) is 0 Å². The highest BCUT2D eigenvalue weighted by Gasteiger charge is 2.26. The summed E-state index contributed by atoms with van der Waals surface area (Å²) in [6.45, 7) is 3.94. The summed E-state index contributed by atoms with van der Waals surface area (Å²) >= 11 is 1.62. The first-order valence-electron chi connectivity index (χ1n) is 6.05. The van der Waals surface area contributed by atoms with E-state index >= 15 is 0 Å². The fraction of sp³-hybridized carbons (Fsp3) is 0.214. The minimum absolute atomic E-state index is 0.777. The van der Waals surface area contributed by atoms with Gasteiger partial charge in [0.25, 0.3) is 0 Å². The van der Waals surface area contributed by atoms with Gasteiger partial charge in [-0.05, 0) is 43.5 Å². The van der Waals surface area contributed by atoms with Gasteiger partial charge in [-0.1, -0.05) is 18.2 Å². The molecule has 1 heterocycles. The average molecular weight is 274 g/mol. The monoisotopic (exact) mass is 274 g/mol. The van der Waals surface area contributed by atoms with Crippen molar-refractivity contribution >= 4 is 17.8 Å². The minimum Gasteiger partial charge on any atom is -0.402 e. The standard InChI is InChI=1S/C14H18N4S/c1-10-9-18(19-12-7-5-4-6-8-12)14(17-16-3)13(10)11(2)15/h4-9,16H,15H2,1-3H3/b13-11-,17-14?. The summed E-state index contributed by atoms with van der Waals surface area (Å²) in [5.74, 6) is 0.842. The molecule has 0 saturated carbocycles. The van der Waals surface area contributed by atoms with Crippen LogP contribution in [0.4, 0.5) is 0 Å². The Kier molecular flexibility index (Phi) is 4.16. The molecule has 0 saturated heterocycles. The molecule has 19 heavy (non-hydrogen) atoms. The Labute approximate surface area is 118 Å². The molecule has 1 aromatic carbocycles. The van der Waals surface area contributed by atoms with Crippen LogP contribution in [0, 0.1) is 0 Å². The van der Waals surface area contributed by atoms with Crippen molar-refractivity contribution in [1.82, 2.24) is 9.73 Å². The van der Waals surface area contributed by atoms with Crippen LogP contribution in [0.1, 0.15) is 13.8 Å². The van der Waals surface area contributed by atoms with Crippen molar-refractivity contribution < 1.29 is 0 Å². The van der Waals surface area contributed by atoms with Gasteiger partial charge in [0, 0.05) is 29.4 Å². The lowest BCUT2D eigenvalue weighted by molar-refractivity contribution is 0.846. The first-order valence-corrected chi connectivity index (χ1v) is 6.83. The lowest BCUT2D eigenvalue weighted by Crippen LogP contribution is -2.20. The van der Waals surface area contributed by atoms with Crippen LogP contribution in [0.3, 0.4) is 0 Å². The molecule has 0 aliphatic carbocycles. The van der Waals surface area contributed by atoms with Crippen LogP contribution in [0.2, 0.25) is 0 Å². The number of allylic oxidation sites excluding steroid dienone is 1. The van der Waals surface area contributed by atoms with Crippen molar-refractivity contribution in [3.05, 3.63) is 53.4 Å². The zero-order valence-electron chi connectivity index (χ0n) is 11.3. The second kappa shape index (κ2) is 5.84. The van der Waals surface area contributed by atoms with Crippen LogP contribution in [-0.4, -0.2) is 17.2 Å². The van der Waals surface area contributed by atoms with E-state index in [2.05, 4.69) is 28.9 Å². The number of nitrogens with two attached hydrogens (primary N) is 1. The summed E-state index contributed by atoms with van der Waals surface area (Å²) in [7, 11) is 1.79. The summed E-state index contributed by atoms with van der Waals surface area (Å²) in [5.41, 5.74) is 11.7. The molecule has 3 N–H and O–H groups in total. The van der Waals surface area contributed by atoms with Crippen molar-refractivity contribution in [1.29, 1.82) is 0 Å². The maximum atomic E-state index is 5.96. The van der Waals surface area contributed by atoms with E-state index in [-0.39, 0.29) is 0 Å². The molecule has 4 nitrogen and oxygen atoms in total. The van der Waals surface area contributed by atoms with Gasteiger partial charge in [0.1, 0.15) is 0 Å². The van der Waals surface area contributed by atoms with Gasteiger partial charge >= 0.3 is 0 Å². The molecule has 0 bridgehead atoms. The Bertz CT molecular complexity index is 542. The molecule has 0 spiro atoms. The van der Waals surface area contributed by atoms with Crippen LogP contribution < -0.4 is 11.2 Å². The van der Waals surface area contributed by atoms with E-state index in [0.29, 0.717) is 0 Å². The molecule has 1 aliphatic rings. The molecule has 1 aliphatic heterocycles. The number of hydrogen-bond acceptors (Lipinski definition) is 4. The van der Waals surface area contributed by atoms with Crippen molar-refractivity contribution in [3.63, 3.8) is 0 Å². The number of hydrogen-bond donors (Lipinski definition) is 2. The van der Waals surface area contributed by atoms with Crippen molar-refractivity contribution in [2.24, 2.45) is 10.8 Å². The van der Waals surface area contributed by atoms with E-state index in [1.165, 1.54) is 0 Å². The zero-order valence-corrected chi connectivity index (χ0v) is 12.2. The fourth-order valence-corrected chi connectivity index (χ4v) is 2.89. The van der Waals surface area contributed by atoms with Crippen molar-refractivity contribution in [2.75, 3.05) is 7.05 Å².